The molecule has 0 aliphatic carbocycles. The maximum absolute atomic E-state index is 13.3. The van der Waals surface area contributed by atoms with E-state index in [1.165, 1.54) is 42.5 Å². The fourth-order valence-electron chi connectivity index (χ4n) is 3.02. The number of nitrogens with zero attached hydrogens (tertiary/aromatic N) is 1. The average Bonchev–Trinajstić information content (AvgIpc) is 2.83. The Labute approximate surface area is 224 Å². The van der Waals surface area contributed by atoms with Crippen molar-refractivity contribution in [2.24, 2.45) is 0 Å². The predicted octanol–water partition coefficient (Wildman–Crippen LogP) is 7.14. The normalized spacial score (nSPS) is 11.1. The standard InChI is InChI=1S/C24H15BrCl2FN3O4S/c25-19-12-15(28)13-29-23(19)30-24(32)18-11-14(26)5-10-21(18)31-36(33,34)17-8-6-16(7-9-17)35-22-4-2-1-3-20(22)27/h1-13,31H,(H,29,30,32). The number of hydrogen-bond acceptors (Lipinski definition) is 5. The molecule has 4 aromatic rings. The van der Waals surface area contributed by atoms with Crippen LogP contribution in [-0.2, 0) is 10.0 Å². The Balaban J connectivity index is 1.56. The average molecular weight is 611 g/mol. The number of sulfonamides is 1. The lowest BCUT2D eigenvalue weighted by Gasteiger charge is -2.14. The van der Waals surface area contributed by atoms with E-state index < -0.39 is 21.7 Å². The van der Waals surface area contributed by atoms with Crippen molar-refractivity contribution in [3.05, 3.63) is 105 Å². The molecule has 0 bridgehead atoms. The molecule has 0 fully saturated rings. The van der Waals surface area contributed by atoms with Crippen LogP contribution in [0.1, 0.15) is 10.4 Å². The lowest BCUT2D eigenvalue weighted by atomic mass is 10.1. The number of anilines is 2. The van der Waals surface area contributed by atoms with E-state index in [4.69, 9.17) is 27.9 Å². The van der Waals surface area contributed by atoms with Crippen LogP contribution in [0.15, 0.2) is 88.4 Å². The molecular formula is C24H15BrCl2FN3O4S. The van der Waals surface area contributed by atoms with Gasteiger partial charge in [0.25, 0.3) is 15.9 Å². The van der Waals surface area contributed by atoms with Gasteiger partial charge in [0, 0.05) is 5.02 Å². The van der Waals surface area contributed by atoms with Crippen LogP contribution >= 0.6 is 39.1 Å². The summed E-state index contributed by atoms with van der Waals surface area (Å²) in [6, 6.07) is 17.7. The van der Waals surface area contributed by atoms with Gasteiger partial charge in [-0.2, -0.15) is 0 Å². The third-order valence-corrected chi connectivity index (χ3v) is 7.24. The fourth-order valence-corrected chi connectivity index (χ4v) is 4.87. The molecule has 12 heteroatoms. The minimum absolute atomic E-state index is 0.0217. The summed E-state index contributed by atoms with van der Waals surface area (Å²) in [6.07, 6.45) is 0.932. The first-order chi connectivity index (χ1) is 17.1. The summed E-state index contributed by atoms with van der Waals surface area (Å²) >= 11 is 15.3. The molecule has 0 radical (unpaired) electrons. The molecule has 0 unspecified atom stereocenters. The van der Waals surface area contributed by atoms with Crippen LogP contribution in [0.25, 0.3) is 0 Å². The Hall–Kier alpha value is -3.18. The maximum Gasteiger partial charge on any atom is 0.261 e. The molecule has 0 aliphatic rings. The molecule has 1 heterocycles. The molecule has 1 aromatic heterocycles. The number of nitrogens with one attached hydrogen (secondary N) is 2. The van der Waals surface area contributed by atoms with Crippen molar-refractivity contribution in [3.63, 3.8) is 0 Å². The van der Waals surface area contributed by atoms with Crippen molar-refractivity contribution < 1.29 is 22.3 Å². The topological polar surface area (TPSA) is 97.4 Å². The van der Waals surface area contributed by atoms with E-state index in [-0.39, 0.29) is 31.5 Å². The number of para-hydroxylation sites is 1. The minimum atomic E-state index is -4.10. The molecule has 36 heavy (non-hydrogen) atoms. The summed E-state index contributed by atoms with van der Waals surface area (Å²) in [6.45, 7) is 0. The zero-order valence-corrected chi connectivity index (χ0v) is 21.9. The molecular weight excluding hydrogens is 596 g/mol. The van der Waals surface area contributed by atoms with E-state index in [9.17, 15) is 17.6 Å². The van der Waals surface area contributed by atoms with E-state index in [2.05, 4.69) is 31.0 Å². The highest BCUT2D eigenvalue weighted by atomic mass is 79.9. The van der Waals surface area contributed by atoms with Crippen LogP contribution < -0.4 is 14.8 Å². The van der Waals surface area contributed by atoms with Gasteiger partial charge in [-0.05, 0) is 76.6 Å². The molecule has 0 saturated heterocycles. The number of hydrogen-bond donors (Lipinski definition) is 2. The molecule has 2 N–H and O–H groups in total. The second-order valence-electron chi connectivity index (χ2n) is 7.24. The van der Waals surface area contributed by atoms with E-state index in [0.29, 0.717) is 16.5 Å². The molecule has 1 amide bonds. The summed E-state index contributed by atoms with van der Waals surface area (Å²) in [5.74, 6) is -0.458. The third-order valence-electron chi connectivity index (χ3n) is 4.71. The monoisotopic (exact) mass is 609 g/mol. The Bertz CT molecular complexity index is 1550. The number of halogens is 4. The Morgan fingerprint density at radius 3 is 2.42 bits per heavy atom. The van der Waals surface area contributed by atoms with Crippen molar-refractivity contribution in [3.8, 4) is 11.5 Å². The van der Waals surface area contributed by atoms with Crippen LogP contribution in [0.2, 0.25) is 10.0 Å². The summed E-state index contributed by atoms with van der Waals surface area (Å²) in [5, 5.41) is 3.11. The van der Waals surface area contributed by atoms with Gasteiger partial charge >= 0.3 is 0 Å². The van der Waals surface area contributed by atoms with Gasteiger partial charge in [-0.25, -0.2) is 17.8 Å². The van der Waals surface area contributed by atoms with E-state index in [1.807, 2.05) is 0 Å². The lowest BCUT2D eigenvalue weighted by molar-refractivity contribution is 0.102. The Morgan fingerprint density at radius 1 is 1.00 bits per heavy atom. The molecule has 0 saturated carbocycles. The first-order valence-electron chi connectivity index (χ1n) is 10.1. The number of carbonyl (C=O) groups is 1. The Kier molecular flexibility index (Phi) is 7.79. The van der Waals surface area contributed by atoms with Crippen LogP contribution in [0.4, 0.5) is 15.9 Å². The quantitative estimate of drug-likeness (QED) is 0.232. The SMILES string of the molecule is O=C(Nc1ncc(F)cc1Br)c1cc(Cl)ccc1NS(=O)(=O)c1ccc(Oc2ccccc2Cl)cc1. The largest absolute Gasteiger partial charge is 0.456 e. The van der Waals surface area contributed by atoms with E-state index in [0.717, 1.165) is 12.3 Å². The van der Waals surface area contributed by atoms with Crippen LogP contribution in [0, 0.1) is 5.82 Å². The zero-order valence-electron chi connectivity index (χ0n) is 18.0. The van der Waals surface area contributed by atoms with Crippen molar-refractivity contribution in [1.82, 2.24) is 4.98 Å². The van der Waals surface area contributed by atoms with Gasteiger partial charge in [0.05, 0.1) is 31.8 Å². The fraction of sp³-hybridized carbons (Fsp3) is 0. The van der Waals surface area contributed by atoms with E-state index in [1.54, 1.807) is 24.3 Å². The number of benzene rings is 3. The zero-order chi connectivity index (χ0) is 25.9. The van der Waals surface area contributed by atoms with Gasteiger partial charge in [-0.1, -0.05) is 35.3 Å². The van der Waals surface area contributed by atoms with Gasteiger partial charge in [-0.15, -0.1) is 0 Å². The molecule has 0 aliphatic heterocycles. The van der Waals surface area contributed by atoms with Gasteiger partial charge < -0.3 is 10.1 Å². The van der Waals surface area contributed by atoms with Crippen LogP contribution in [-0.4, -0.2) is 19.3 Å². The highest BCUT2D eigenvalue weighted by Gasteiger charge is 2.21. The van der Waals surface area contributed by atoms with Gasteiger partial charge in [0.2, 0.25) is 0 Å². The van der Waals surface area contributed by atoms with Gasteiger partial charge in [-0.3, -0.25) is 9.52 Å². The van der Waals surface area contributed by atoms with Crippen LogP contribution in [0.5, 0.6) is 11.5 Å². The molecule has 7 nitrogen and oxygen atoms in total. The highest BCUT2D eigenvalue weighted by Crippen LogP contribution is 2.30. The number of ether oxygens (including phenoxy) is 1. The number of pyridine rings is 1. The summed E-state index contributed by atoms with van der Waals surface area (Å²) in [5.41, 5.74) is -0.0886. The second kappa shape index (κ2) is 10.8. The number of carbonyl (C=O) groups excluding carboxylic acids is 1. The van der Waals surface area contributed by atoms with Crippen molar-refractivity contribution in [2.45, 2.75) is 4.90 Å². The lowest BCUT2D eigenvalue weighted by Crippen LogP contribution is -2.19. The van der Waals surface area contributed by atoms with E-state index >= 15 is 0 Å². The third kappa shape index (κ3) is 6.14. The molecule has 4 rings (SSSR count). The predicted molar refractivity (Wildman–Crippen MR) is 140 cm³/mol. The summed E-state index contributed by atoms with van der Waals surface area (Å²) < 4.78 is 47.7. The number of rotatable bonds is 7. The van der Waals surface area contributed by atoms with Gasteiger partial charge in [0.15, 0.2) is 0 Å². The molecule has 184 valence electrons. The summed E-state index contributed by atoms with van der Waals surface area (Å²) in [4.78, 5) is 16.7. The minimum Gasteiger partial charge on any atom is -0.456 e. The van der Waals surface area contributed by atoms with Crippen molar-refractivity contribution >= 4 is 66.6 Å². The first-order valence-corrected chi connectivity index (χ1v) is 13.1. The Morgan fingerprint density at radius 2 is 1.72 bits per heavy atom. The number of aromatic nitrogens is 1. The van der Waals surface area contributed by atoms with Gasteiger partial charge in [0.1, 0.15) is 23.1 Å². The summed E-state index contributed by atoms with van der Waals surface area (Å²) in [7, 11) is -4.10. The van der Waals surface area contributed by atoms with Crippen molar-refractivity contribution in [1.29, 1.82) is 0 Å². The molecule has 0 spiro atoms. The van der Waals surface area contributed by atoms with Crippen molar-refractivity contribution in [2.75, 3.05) is 10.0 Å². The highest BCUT2D eigenvalue weighted by molar-refractivity contribution is 9.10. The first kappa shape index (κ1) is 25.9. The maximum atomic E-state index is 13.3. The molecule has 3 aromatic carbocycles. The smallest absolute Gasteiger partial charge is 0.261 e. The van der Waals surface area contributed by atoms with Crippen LogP contribution in [0.3, 0.4) is 0 Å². The number of amides is 1. The second-order valence-corrected chi connectivity index (χ2v) is 10.6. The molecule has 0 atom stereocenters.